The van der Waals surface area contributed by atoms with Gasteiger partial charge in [0.05, 0.1) is 6.61 Å². The number of hydrogen-bond acceptors (Lipinski definition) is 3. The number of halogens is 1. The maximum atomic E-state index is 13.3. The monoisotopic (exact) mass is 252 g/mol. The van der Waals surface area contributed by atoms with E-state index in [1.54, 1.807) is 6.07 Å². The van der Waals surface area contributed by atoms with Crippen molar-refractivity contribution in [2.75, 3.05) is 5.75 Å². The SMILES string of the molecule is CC(=O)SCCC#Cc1ccc(CO)c(F)c1. The first-order valence-electron chi connectivity index (χ1n) is 5.15. The van der Waals surface area contributed by atoms with E-state index in [1.165, 1.54) is 30.8 Å². The first-order valence-corrected chi connectivity index (χ1v) is 6.13. The Morgan fingerprint density at radius 3 is 2.88 bits per heavy atom. The van der Waals surface area contributed by atoms with Crippen LogP contribution in [0, 0.1) is 17.7 Å². The largest absolute Gasteiger partial charge is 0.392 e. The molecule has 1 aromatic carbocycles. The number of thioether (sulfide) groups is 1. The Morgan fingerprint density at radius 1 is 1.53 bits per heavy atom. The minimum atomic E-state index is -0.447. The zero-order chi connectivity index (χ0) is 12.7. The van der Waals surface area contributed by atoms with Crippen molar-refractivity contribution in [3.8, 4) is 11.8 Å². The maximum Gasteiger partial charge on any atom is 0.185 e. The van der Waals surface area contributed by atoms with Crippen molar-refractivity contribution in [2.24, 2.45) is 0 Å². The highest BCUT2D eigenvalue weighted by molar-refractivity contribution is 8.13. The Morgan fingerprint density at radius 2 is 2.29 bits per heavy atom. The number of hydrogen-bond donors (Lipinski definition) is 1. The number of rotatable bonds is 3. The molecule has 0 saturated carbocycles. The predicted molar refractivity (Wildman–Crippen MR) is 67.0 cm³/mol. The van der Waals surface area contributed by atoms with Gasteiger partial charge in [0.15, 0.2) is 5.12 Å². The van der Waals surface area contributed by atoms with Crippen molar-refractivity contribution in [1.82, 2.24) is 0 Å². The summed E-state index contributed by atoms with van der Waals surface area (Å²) in [7, 11) is 0. The van der Waals surface area contributed by atoms with Gasteiger partial charge in [0, 0.05) is 30.2 Å². The summed E-state index contributed by atoms with van der Waals surface area (Å²) < 4.78 is 13.3. The lowest BCUT2D eigenvalue weighted by Crippen LogP contribution is -1.90. The molecular formula is C13H13FO2S. The molecule has 0 aliphatic carbocycles. The smallest absolute Gasteiger partial charge is 0.185 e. The predicted octanol–water partition coefficient (Wildman–Crippen LogP) is 2.34. The Bertz CT molecular complexity index is 460. The van der Waals surface area contributed by atoms with E-state index < -0.39 is 5.82 Å². The lowest BCUT2D eigenvalue weighted by atomic mass is 10.1. The van der Waals surface area contributed by atoms with Crippen molar-refractivity contribution < 1.29 is 14.3 Å². The molecule has 90 valence electrons. The van der Waals surface area contributed by atoms with Crippen LogP contribution >= 0.6 is 11.8 Å². The molecule has 0 spiro atoms. The molecule has 0 saturated heterocycles. The molecule has 1 aromatic rings. The summed E-state index contributed by atoms with van der Waals surface area (Å²) in [5.41, 5.74) is 0.843. The molecule has 0 aliphatic heterocycles. The van der Waals surface area contributed by atoms with Gasteiger partial charge in [-0.1, -0.05) is 29.7 Å². The van der Waals surface area contributed by atoms with Crippen molar-refractivity contribution in [2.45, 2.75) is 20.0 Å². The van der Waals surface area contributed by atoms with E-state index in [9.17, 15) is 9.18 Å². The van der Waals surface area contributed by atoms with E-state index in [0.29, 0.717) is 17.7 Å². The van der Waals surface area contributed by atoms with Crippen molar-refractivity contribution in [3.05, 3.63) is 35.1 Å². The highest BCUT2D eigenvalue weighted by Gasteiger charge is 2.00. The molecule has 0 fully saturated rings. The highest BCUT2D eigenvalue weighted by Crippen LogP contribution is 2.09. The molecule has 0 unspecified atom stereocenters. The molecular weight excluding hydrogens is 239 g/mol. The highest BCUT2D eigenvalue weighted by atomic mass is 32.2. The second-order valence-corrected chi connectivity index (χ2v) is 4.63. The number of aliphatic hydroxyl groups excluding tert-OH is 1. The molecule has 0 atom stereocenters. The lowest BCUT2D eigenvalue weighted by molar-refractivity contribution is -0.109. The quantitative estimate of drug-likeness (QED) is 0.662. The second-order valence-electron chi connectivity index (χ2n) is 3.36. The van der Waals surface area contributed by atoms with Crippen LogP contribution in [0.3, 0.4) is 0 Å². The van der Waals surface area contributed by atoms with Gasteiger partial charge in [-0.2, -0.15) is 0 Å². The number of carbonyl (C=O) groups is 1. The normalized spacial score (nSPS) is 9.59. The van der Waals surface area contributed by atoms with Gasteiger partial charge >= 0.3 is 0 Å². The fraction of sp³-hybridized carbons (Fsp3) is 0.308. The molecule has 0 amide bonds. The van der Waals surface area contributed by atoms with Crippen LogP contribution in [0.1, 0.15) is 24.5 Å². The Labute approximate surface area is 104 Å². The van der Waals surface area contributed by atoms with E-state index in [-0.39, 0.29) is 17.3 Å². The van der Waals surface area contributed by atoms with Crippen LogP contribution in [0.2, 0.25) is 0 Å². The summed E-state index contributed by atoms with van der Waals surface area (Å²) in [5, 5.41) is 8.87. The Kier molecular flexibility index (Phi) is 5.75. The van der Waals surface area contributed by atoms with Crippen molar-refractivity contribution in [1.29, 1.82) is 0 Å². The van der Waals surface area contributed by atoms with E-state index in [4.69, 9.17) is 5.11 Å². The average Bonchev–Trinajstić information content (AvgIpc) is 2.28. The van der Waals surface area contributed by atoms with Crippen molar-refractivity contribution >= 4 is 16.9 Å². The third-order valence-electron chi connectivity index (χ3n) is 1.99. The zero-order valence-corrected chi connectivity index (χ0v) is 10.3. The topological polar surface area (TPSA) is 37.3 Å². The zero-order valence-electron chi connectivity index (χ0n) is 9.50. The molecule has 1 N–H and O–H groups in total. The summed E-state index contributed by atoms with van der Waals surface area (Å²) >= 11 is 1.23. The van der Waals surface area contributed by atoms with Crippen LogP contribution in [0.25, 0.3) is 0 Å². The third-order valence-corrected chi connectivity index (χ3v) is 2.80. The summed E-state index contributed by atoms with van der Waals surface area (Å²) in [6, 6.07) is 4.49. The van der Waals surface area contributed by atoms with Gasteiger partial charge in [0.2, 0.25) is 0 Å². The first kappa shape index (κ1) is 13.8. The fourth-order valence-electron chi connectivity index (χ4n) is 1.16. The van der Waals surface area contributed by atoms with Gasteiger partial charge in [-0.25, -0.2) is 4.39 Å². The van der Waals surface area contributed by atoms with Crippen molar-refractivity contribution in [3.63, 3.8) is 0 Å². The summed E-state index contributed by atoms with van der Waals surface area (Å²) in [5.74, 6) is 5.89. The molecule has 4 heteroatoms. The molecule has 0 radical (unpaired) electrons. The molecule has 0 heterocycles. The molecule has 0 aromatic heterocycles. The Hall–Kier alpha value is -1.31. The van der Waals surface area contributed by atoms with Gasteiger partial charge in [-0.15, -0.1) is 0 Å². The van der Waals surface area contributed by atoms with E-state index >= 15 is 0 Å². The standard InChI is InChI=1S/C13H13FO2S/c1-10(16)17-7-3-2-4-11-5-6-12(9-15)13(14)8-11/h5-6,8,15H,3,7,9H2,1H3. The second kappa shape index (κ2) is 7.10. The van der Waals surface area contributed by atoms with E-state index in [2.05, 4.69) is 11.8 Å². The number of carbonyl (C=O) groups excluding carboxylic acids is 1. The molecule has 17 heavy (non-hydrogen) atoms. The van der Waals surface area contributed by atoms with Crippen LogP contribution in [-0.2, 0) is 11.4 Å². The van der Waals surface area contributed by atoms with E-state index in [0.717, 1.165) is 0 Å². The van der Waals surface area contributed by atoms with Gasteiger partial charge in [-0.3, -0.25) is 4.79 Å². The van der Waals surface area contributed by atoms with Crippen LogP contribution in [-0.4, -0.2) is 16.0 Å². The average molecular weight is 252 g/mol. The van der Waals surface area contributed by atoms with E-state index in [1.807, 2.05) is 0 Å². The third kappa shape index (κ3) is 5.03. The molecule has 0 aliphatic rings. The fourth-order valence-corrected chi connectivity index (χ4v) is 1.66. The summed E-state index contributed by atoms with van der Waals surface area (Å²) in [6.45, 7) is 1.20. The van der Waals surface area contributed by atoms with Crippen LogP contribution in [0.15, 0.2) is 18.2 Å². The number of benzene rings is 1. The van der Waals surface area contributed by atoms with Crippen LogP contribution < -0.4 is 0 Å². The van der Waals surface area contributed by atoms with Gasteiger partial charge in [0.25, 0.3) is 0 Å². The Balaban J connectivity index is 2.54. The molecule has 0 bridgehead atoms. The van der Waals surface area contributed by atoms with Gasteiger partial charge < -0.3 is 5.11 Å². The van der Waals surface area contributed by atoms with Gasteiger partial charge in [-0.05, 0) is 12.1 Å². The molecule has 1 rings (SSSR count). The summed E-state index contributed by atoms with van der Waals surface area (Å²) in [6.07, 6.45) is 0.591. The minimum Gasteiger partial charge on any atom is -0.392 e. The van der Waals surface area contributed by atoms with Gasteiger partial charge in [0.1, 0.15) is 5.82 Å². The summed E-state index contributed by atoms with van der Waals surface area (Å²) in [4.78, 5) is 10.6. The first-order chi connectivity index (χ1) is 8.13. The maximum absolute atomic E-state index is 13.3. The lowest BCUT2D eigenvalue weighted by Gasteiger charge is -1.98. The van der Waals surface area contributed by atoms with Crippen LogP contribution in [0.4, 0.5) is 4.39 Å². The van der Waals surface area contributed by atoms with Crippen LogP contribution in [0.5, 0.6) is 0 Å². The molecule has 2 nitrogen and oxygen atoms in total. The minimum absolute atomic E-state index is 0.0742. The number of aliphatic hydroxyl groups is 1.